The zero-order chi connectivity index (χ0) is 17.5. The van der Waals surface area contributed by atoms with Crippen molar-refractivity contribution in [2.75, 3.05) is 19.4 Å². The molecule has 1 aromatic heterocycles. The number of thioether (sulfide) groups is 1. The van der Waals surface area contributed by atoms with Gasteiger partial charge in [-0.25, -0.2) is 4.68 Å². The van der Waals surface area contributed by atoms with Crippen molar-refractivity contribution in [3.05, 3.63) is 22.7 Å². The van der Waals surface area contributed by atoms with Crippen molar-refractivity contribution in [3.8, 4) is 11.5 Å². The zero-order valence-electron chi connectivity index (χ0n) is 14.2. The monoisotopic (exact) mass is 371 g/mol. The van der Waals surface area contributed by atoms with E-state index in [2.05, 4.69) is 20.8 Å². The number of nitrogens with zero attached hydrogens (tertiary/aromatic N) is 4. The first kappa shape index (κ1) is 18.8. The van der Waals surface area contributed by atoms with Crippen LogP contribution in [-0.4, -0.2) is 45.7 Å². The Balaban J connectivity index is 1.93. The molecule has 0 fully saturated rings. The normalized spacial score (nSPS) is 11.1. The molecule has 0 radical (unpaired) electrons. The Hall–Kier alpha value is -1.51. The van der Waals surface area contributed by atoms with Crippen LogP contribution in [0.4, 0.5) is 0 Å². The molecule has 7 nitrogen and oxygen atoms in total. The summed E-state index contributed by atoms with van der Waals surface area (Å²) in [6, 6.07) is 3.66. The van der Waals surface area contributed by atoms with E-state index in [1.54, 1.807) is 29.6 Å². The number of methoxy groups -OCH3 is 1. The third kappa shape index (κ3) is 5.25. The van der Waals surface area contributed by atoms with Crippen LogP contribution in [0.25, 0.3) is 0 Å². The number of aryl methyl sites for hydroxylation is 1. The Morgan fingerprint density at radius 2 is 2.17 bits per heavy atom. The summed E-state index contributed by atoms with van der Waals surface area (Å²) < 4.78 is 12.9. The van der Waals surface area contributed by atoms with Crippen molar-refractivity contribution in [1.29, 1.82) is 0 Å². The van der Waals surface area contributed by atoms with Gasteiger partial charge in [0.2, 0.25) is 5.16 Å². The van der Waals surface area contributed by atoms with E-state index in [0.717, 1.165) is 28.8 Å². The molecule has 1 aromatic carbocycles. The van der Waals surface area contributed by atoms with Crippen LogP contribution >= 0.6 is 23.4 Å². The van der Waals surface area contributed by atoms with Crippen molar-refractivity contribution in [2.45, 2.75) is 31.7 Å². The van der Waals surface area contributed by atoms with Crippen molar-refractivity contribution in [2.24, 2.45) is 7.05 Å². The smallest absolute Gasteiger partial charge is 0.209 e. The Morgan fingerprint density at radius 3 is 2.79 bits per heavy atom. The van der Waals surface area contributed by atoms with E-state index in [0.29, 0.717) is 17.3 Å². The fraction of sp³-hybridized carbons (Fsp3) is 0.533. The Kier molecular flexibility index (Phi) is 7.14. The van der Waals surface area contributed by atoms with Crippen LogP contribution in [0, 0.1) is 0 Å². The van der Waals surface area contributed by atoms with Gasteiger partial charge in [-0.3, -0.25) is 0 Å². The summed E-state index contributed by atoms with van der Waals surface area (Å²) in [6.07, 6.45) is 0.0535. The molecular weight excluding hydrogens is 350 g/mol. The molecule has 0 aliphatic rings. The third-order valence-electron chi connectivity index (χ3n) is 3.08. The van der Waals surface area contributed by atoms with Gasteiger partial charge in [0, 0.05) is 42.5 Å². The molecule has 9 heteroatoms. The van der Waals surface area contributed by atoms with E-state index in [1.165, 1.54) is 0 Å². The number of halogens is 1. The summed E-state index contributed by atoms with van der Waals surface area (Å²) >= 11 is 7.77. The predicted molar refractivity (Wildman–Crippen MR) is 95.0 cm³/mol. The van der Waals surface area contributed by atoms with Gasteiger partial charge in [0.1, 0.15) is 0 Å². The maximum Gasteiger partial charge on any atom is 0.209 e. The molecule has 0 saturated heterocycles. The number of benzene rings is 1. The van der Waals surface area contributed by atoms with Gasteiger partial charge < -0.3 is 14.8 Å². The van der Waals surface area contributed by atoms with Gasteiger partial charge in [-0.2, -0.15) is 0 Å². The van der Waals surface area contributed by atoms with Gasteiger partial charge >= 0.3 is 0 Å². The molecule has 0 aliphatic heterocycles. The predicted octanol–water partition coefficient (Wildman–Crippen LogP) is 2.54. The molecule has 0 spiro atoms. The molecule has 132 valence electrons. The molecular formula is C15H22ClN5O2S. The van der Waals surface area contributed by atoms with Gasteiger partial charge in [0.15, 0.2) is 11.5 Å². The Bertz CT molecular complexity index is 665. The van der Waals surface area contributed by atoms with Crippen molar-refractivity contribution in [1.82, 2.24) is 25.5 Å². The minimum absolute atomic E-state index is 0.0535. The second kappa shape index (κ2) is 9.10. The second-order valence-electron chi connectivity index (χ2n) is 5.37. The number of hydrogen-bond donors (Lipinski definition) is 1. The Morgan fingerprint density at radius 1 is 1.38 bits per heavy atom. The van der Waals surface area contributed by atoms with E-state index in [9.17, 15) is 0 Å². The van der Waals surface area contributed by atoms with Crippen molar-refractivity contribution < 1.29 is 9.47 Å². The first-order chi connectivity index (χ1) is 11.5. The van der Waals surface area contributed by atoms with Crippen LogP contribution in [-0.2, 0) is 13.6 Å². The zero-order valence-corrected chi connectivity index (χ0v) is 15.8. The molecule has 1 heterocycles. The number of rotatable bonds is 9. The molecule has 0 aliphatic carbocycles. The third-order valence-corrected chi connectivity index (χ3v) is 4.31. The van der Waals surface area contributed by atoms with Gasteiger partial charge in [-0.05, 0) is 30.3 Å². The lowest BCUT2D eigenvalue weighted by molar-refractivity contribution is 0.227. The maximum absolute atomic E-state index is 6.17. The first-order valence-electron chi connectivity index (χ1n) is 7.60. The molecule has 0 bridgehead atoms. The molecule has 0 saturated carbocycles. The first-order valence-corrected chi connectivity index (χ1v) is 8.96. The number of aromatic nitrogens is 4. The standard InChI is InChI=1S/C15H22ClN5O2S/c1-10(2)23-14-11(7-12(16)8-13(14)22-4)9-17-5-6-24-15-18-19-20-21(15)3/h7-8,10,17H,5-6,9H2,1-4H3. The average Bonchev–Trinajstić information content (AvgIpc) is 2.94. The minimum Gasteiger partial charge on any atom is -0.493 e. The highest BCUT2D eigenvalue weighted by Crippen LogP contribution is 2.35. The number of hydrogen-bond acceptors (Lipinski definition) is 7. The summed E-state index contributed by atoms with van der Waals surface area (Å²) in [4.78, 5) is 0. The lowest BCUT2D eigenvalue weighted by Crippen LogP contribution is -2.18. The van der Waals surface area contributed by atoms with Crippen LogP contribution in [0.2, 0.25) is 5.02 Å². The highest BCUT2D eigenvalue weighted by molar-refractivity contribution is 7.99. The number of nitrogens with one attached hydrogen (secondary N) is 1. The average molecular weight is 372 g/mol. The molecule has 2 rings (SSSR count). The fourth-order valence-electron chi connectivity index (χ4n) is 2.06. The van der Waals surface area contributed by atoms with E-state index >= 15 is 0 Å². The van der Waals surface area contributed by atoms with Crippen molar-refractivity contribution in [3.63, 3.8) is 0 Å². The van der Waals surface area contributed by atoms with Crippen LogP contribution in [0.5, 0.6) is 11.5 Å². The fourth-order valence-corrected chi connectivity index (χ4v) is 3.03. The summed E-state index contributed by atoms with van der Waals surface area (Å²) in [5.74, 6) is 2.23. The highest BCUT2D eigenvalue weighted by atomic mass is 35.5. The lowest BCUT2D eigenvalue weighted by Gasteiger charge is -2.18. The van der Waals surface area contributed by atoms with Crippen LogP contribution in [0.15, 0.2) is 17.3 Å². The number of ether oxygens (including phenoxy) is 2. The Labute approximate surface area is 151 Å². The van der Waals surface area contributed by atoms with Crippen LogP contribution < -0.4 is 14.8 Å². The second-order valence-corrected chi connectivity index (χ2v) is 6.87. The molecule has 2 aromatic rings. The molecule has 0 amide bonds. The summed E-state index contributed by atoms with van der Waals surface area (Å²) in [6.45, 7) is 5.40. The minimum atomic E-state index is 0.0535. The quantitative estimate of drug-likeness (QED) is 0.536. The molecule has 0 unspecified atom stereocenters. The SMILES string of the molecule is COc1cc(Cl)cc(CNCCSc2nnnn2C)c1OC(C)C. The van der Waals surface area contributed by atoms with E-state index in [-0.39, 0.29) is 6.10 Å². The van der Waals surface area contributed by atoms with Gasteiger partial charge in [0.25, 0.3) is 0 Å². The maximum atomic E-state index is 6.17. The number of tetrazole rings is 1. The largest absolute Gasteiger partial charge is 0.493 e. The van der Waals surface area contributed by atoms with Gasteiger partial charge in [-0.15, -0.1) is 5.10 Å². The topological polar surface area (TPSA) is 74.1 Å². The van der Waals surface area contributed by atoms with E-state index in [1.807, 2.05) is 27.0 Å². The highest BCUT2D eigenvalue weighted by Gasteiger charge is 2.14. The van der Waals surface area contributed by atoms with Gasteiger partial charge in [-0.1, -0.05) is 23.4 Å². The molecule has 24 heavy (non-hydrogen) atoms. The van der Waals surface area contributed by atoms with E-state index < -0.39 is 0 Å². The summed E-state index contributed by atoms with van der Waals surface area (Å²) in [7, 11) is 3.44. The molecule has 1 N–H and O–H groups in total. The summed E-state index contributed by atoms with van der Waals surface area (Å²) in [5.41, 5.74) is 0.971. The van der Waals surface area contributed by atoms with Gasteiger partial charge in [0.05, 0.1) is 13.2 Å². The summed E-state index contributed by atoms with van der Waals surface area (Å²) in [5, 5.41) is 16.2. The van der Waals surface area contributed by atoms with Crippen LogP contribution in [0.3, 0.4) is 0 Å². The van der Waals surface area contributed by atoms with Crippen molar-refractivity contribution >= 4 is 23.4 Å². The molecule has 0 atom stereocenters. The van der Waals surface area contributed by atoms with E-state index in [4.69, 9.17) is 21.1 Å². The lowest BCUT2D eigenvalue weighted by atomic mass is 10.1. The van der Waals surface area contributed by atoms with Crippen LogP contribution in [0.1, 0.15) is 19.4 Å².